The Kier molecular flexibility index (Phi) is 5.61. The van der Waals surface area contributed by atoms with Crippen LogP contribution in [0.1, 0.15) is 32.3 Å². The lowest BCUT2D eigenvalue weighted by Crippen LogP contribution is -2.30. The summed E-state index contributed by atoms with van der Waals surface area (Å²) in [5, 5.41) is 2.60. The Hall–Kier alpha value is -2.07. The van der Waals surface area contributed by atoms with Gasteiger partial charge >= 0.3 is 0 Å². The number of benzene rings is 2. The second kappa shape index (κ2) is 7.47. The van der Waals surface area contributed by atoms with Crippen LogP contribution in [-0.2, 0) is 4.79 Å². The number of nitrogens with one attached hydrogen (secondary N) is 1. The van der Waals surface area contributed by atoms with Crippen molar-refractivity contribution >= 4 is 23.2 Å². The number of amides is 1. The van der Waals surface area contributed by atoms with Crippen LogP contribution in [0.2, 0.25) is 5.02 Å². The van der Waals surface area contributed by atoms with Crippen molar-refractivity contribution in [2.75, 3.05) is 5.32 Å². The van der Waals surface area contributed by atoms with Crippen LogP contribution in [0.5, 0.6) is 5.75 Å². The minimum Gasteiger partial charge on any atom is -0.481 e. The molecule has 2 aromatic carbocycles. The van der Waals surface area contributed by atoms with Gasteiger partial charge in [0.1, 0.15) is 11.6 Å². The zero-order chi connectivity index (χ0) is 17.0. The van der Waals surface area contributed by atoms with Gasteiger partial charge < -0.3 is 10.1 Å². The number of halogens is 2. The van der Waals surface area contributed by atoms with Crippen LogP contribution >= 0.6 is 11.6 Å². The summed E-state index contributed by atoms with van der Waals surface area (Å²) in [6.07, 6.45) is -0.691. The predicted molar refractivity (Wildman–Crippen MR) is 90.7 cm³/mol. The molecule has 0 spiro atoms. The standard InChI is InChI=1S/C18H19ClFNO2/c1-11(2)13-4-7-15(8-5-13)23-12(3)18(22)21-14-6-9-17(20)16(19)10-14/h4-12H,1-3H3,(H,21,22)/t12-/m1/s1. The maximum atomic E-state index is 13.1. The lowest BCUT2D eigenvalue weighted by Gasteiger charge is -2.15. The Bertz CT molecular complexity index is 686. The molecule has 0 aliphatic carbocycles. The minimum absolute atomic E-state index is 0.0411. The van der Waals surface area contributed by atoms with Crippen molar-refractivity contribution in [2.24, 2.45) is 0 Å². The monoisotopic (exact) mass is 335 g/mol. The van der Waals surface area contributed by atoms with E-state index in [0.29, 0.717) is 17.4 Å². The van der Waals surface area contributed by atoms with E-state index in [4.69, 9.17) is 16.3 Å². The smallest absolute Gasteiger partial charge is 0.265 e. The molecule has 0 saturated carbocycles. The maximum Gasteiger partial charge on any atom is 0.265 e. The highest BCUT2D eigenvalue weighted by atomic mass is 35.5. The largest absolute Gasteiger partial charge is 0.481 e. The molecule has 0 aliphatic rings. The van der Waals surface area contributed by atoms with Crippen molar-refractivity contribution in [3.8, 4) is 5.75 Å². The van der Waals surface area contributed by atoms with E-state index in [-0.39, 0.29) is 10.9 Å². The lowest BCUT2D eigenvalue weighted by atomic mass is 10.0. The Labute approximate surface area is 140 Å². The number of hydrogen-bond acceptors (Lipinski definition) is 2. The van der Waals surface area contributed by atoms with Crippen LogP contribution in [0.15, 0.2) is 42.5 Å². The molecular weight excluding hydrogens is 317 g/mol. The van der Waals surface area contributed by atoms with Crippen molar-refractivity contribution in [3.63, 3.8) is 0 Å². The second-order valence-electron chi connectivity index (χ2n) is 5.60. The van der Waals surface area contributed by atoms with Crippen LogP contribution in [0.25, 0.3) is 0 Å². The summed E-state index contributed by atoms with van der Waals surface area (Å²) in [5.41, 5.74) is 1.63. The number of carbonyl (C=O) groups is 1. The number of anilines is 1. The first-order chi connectivity index (χ1) is 10.9. The van der Waals surface area contributed by atoms with E-state index in [0.717, 1.165) is 0 Å². The van der Waals surface area contributed by atoms with Gasteiger partial charge in [0.15, 0.2) is 6.10 Å². The molecule has 0 heterocycles. The summed E-state index contributed by atoms with van der Waals surface area (Å²) < 4.78 is 18.7. The number of hydrogen-bond donors (Lipinski definition) is 1. The van der Waals surface area contributed by atoms with Crippen molar-refractivity contribution in [3.05, 3.63) is 58.9 Å². The van der Waals surface area contributed by atoms with Gasteiger partial charge in [0.2, 0.25) is 0 Å². The summed E-state index contributed by atoms with van der Waals surface area (Å²) in [7, 11) is 0. The van der Waals surface area contributed by atoms with Gasteiger partial charge in [-0.1, -0.05) is 37.6 Å². The van der Waals surface area contributed by atoms with Crippen LogP contribution < -0.4 is 10.1 Å². The SMILES string of the molecule is CC(C)c1ccc(O[C@H](C)C(=O)Nc2ccc(F)c(Cl)c2)cc1. The van der Waals surface area contributed by atoms with E-state index in [2.05, 4.69) is 19.2 Å². The molecular formula is C18H19ClFNO2. The molecule has 122 valence electrons. The molecule has 3 nitrogen and oxygen atoms in total. The normalized spacial score (nSPS) is 12.1. The van der Waals surface area contributed by atoms with Gasteiger partial charge in [-0.3, -0.25) is 4.79 Å². The fraction of sp³-hybridized carbons (Fsp3) is 0.278. The molecule has 5 heteroatoms. The molecule has 0 aromatic heterocycles. The summed E-state index contributed by atoms with van der Waals surface area (Å²) in [4.78, 5) is 12.1. The van der Waals surface area contributed by atoms with Gasteiger partial charge in [-0.15, -0.1) is 0 Å². The van der Waals surface area contributed by atoms with Crippen LogP contribution in [-0.4, -0.2) is 12.0 Å². The van der Waals surface area contributed by atoms with Crippen LogP contribution in [0, 0.1) is 5.82 Å². The van der Waals surface area contributed by atoms with Crippen molar-refractivity contribution in [2.45, 2.75) is 32.8 Å². The first-order valence-corrected chi connectivity index (χ1v) is 7.77. The number of rotatable bonds is 5. The maximum absolute atomic E-state index is 13.1. The quantitative estimate of drug-likeness (QED) is 0.834. The van der Waals surface area contributed by atoms with Gasteiger partial charge in [0.05, 0.1) is 5.02 Å². The summed E-state index contributed by atoms with van der Waals surface area (Å²) in [5.74, 6) is 0.196. The minimum atomic E-state index is -0.691. The number of carbonyl (C=O) groups excluding carboxylic acids is 1. The van der Waals surface area contributed by atoms with E-state index < -0.39 is 11.9 Å². The Morgan fingerprint density at radius 1 is 1.13 bits per heavy atom. The topological polar surface area (TPSA) is 38.3 Å². The molecule has 1 N–H and O–H groups in total. The van der Waals surface area contributed by atoms with Gasteiger partial charge in [-0.05, 0) is 48.7 Å². The molecule has 0 aliphatic heterocycles. The molecule has 0 unspecified atom stereocenters. The highest BCUT2D eigenvalue weighted by molar-refractivity contribution is 6.31. The molecule has 0 radical (unpaired) electrons. The van der Waals surface area contributed by atoms with E-state index in [9.17, 15) is 9.18 Å². The Morgan fingerprint density at radius 2 is 1.78 bits per heavy atom. The predicted octanol–water partition coefficient (Wildman–Crippen LogP) is 5.01. The molecule has 23 heavy (non-hydrogen) atoms. The highest BCUT2D eigenvalue weighted by Gasteiger charge is 2.15. The van der Waals surface area contributed by atoms with Crippen LogP contribution in [0.3, 0.4) is 0 Å². The van der Waals surface area contributed by atoms with Gasteiger partial charge in [-0.2, -0.15) is 0 Å². The van der Waals surface area contributed by atoms with Crippen molar-refractivity contribution in [1.29, 1.82) is 0 Å². The van der Waals surface area contributed by atoms with Gasteiger partial charge in [0, 0.05) is 5.69 Å². The van der Waals surface area contributed by atoms with Gasteiger partial charge in [0.25, 0.3) is 5.91 Å². The summed E-state index contributed by atoms with van der Waals surface area (Å²) >= 11 is 5.69. The molecule has 0 bridgehead atoms. The zero-order valence-corrected chi connectivity index (χ0v) is 14.0. The molecule has 0 saturated heterocycles. The van der Waals surface area contributed by atoms with E-state index >= 15 is 0 Å². The third-order valence-electron chi connectivity index (χ3n) is 3.42. The molecule has 0 fully saturated rings. The lowest BCUT2D eigenvalue weighted by molar-refractivity contribution is -0.122. The second-order valence-corrected chi connectivity index (χ2v) is 6.01. The Balaban J connectivity index is 1.97. The van der Waals surface area contributed by atoms with Crippen LogP contribution in [0.4, 0.5) is 10.1 Å². The molecule has 1 atom stereocenters. The average molecular weight is 336 g/mol. The third kappa shape index (κ3) is 4.70. The fourth-order valence-corrected chi connectivity index (χ4v) is 2.19. The highest BCUT2D eigenvalue weighted by Crippen LogP contribution is 2.21. The van der Waals surface area contributed by atoms with E-state index in [1.807, 2.05) is 24.3 Å². The Morgan fingerprint density at radius 3 is 2.35 bits per heavy atom. The number of ether oxygens (including phenoxy) is 1. The van der Waals surface area contributed by atoms with E-state index in [1.165, 1.54) is 23.8 Å². The van der Waals surface area contributed by atoms with Gasteiger partial charge in [-0.25, -0.2) is 4.39 Å². The third-order valence-corrected chi connectivity index (χ3v) is 3.71. The summed E-state index contributed by atoms with van der Waals surface area (Å²) in [6.45, 7) is 5.87. The van der Waals surface area contributed by atoms with E-state index in [1.54, 1.807) is 6.92 Å². The van der Waals surface area contributed by atoms with Crippen molar-refractivity contribution in [1.82, 2.24) is 0 Å². The zero-order valence-electron chi connectivity index (χ0n) is 13.3. The molecule has 2 rings (SSSR count). The first kappa shape index (κ1) is 17.3. The summed E-state index contributed by atoms with van der Waals surface area (Å²) in [6, 6.07) is 11.6. The average Bonchev–Trinajstić information content (AvgIpc) is 2.51. The fourth-order valence-electron chi connectivity index (χ4n) is 2.01. The molecule has 2 aromatic rings. The molecule has 1 amide bonds. The van der Waals surface area contributed by atoms with Crippen molar-refractivity contribution < 1.29 is 13.9 Å². The first-order valence-electron chi connectivity index (χ1n) is 7.39.